The predicted octanol–water partition coefficient (Wildman–Crippen LogP) is 2.70. The minimum absolute atomic E-state index is 0.0529. The van der Waals surface area contributed by atoms with Crippen LogP contribution in [0.2, 0.25) is 0 Å². The maximum absolute atomic E-state index is 9.93. The molecule has 0 amide bonds. The van der Waals surface area contributed by atoms with Gasteiger partial charge >= 0.3 is 0 Å². The van der Waals surface area contributed by atoms with E-state index in [2.05, 4.69) is 10.6 Å². The molecule has 1 fully saturated rings. The molecule has 0 radical (unpaired) electrons. The van der Waals surface area contributed by atoms with Crippen LogP contribution in [0.25, 0.3) is 0 Å². The lowest BCUT2D eigenvalue weighted by molar-refractivity contribution is 0.279. The molecule has 2 aromatic carbocycles. The SMILES string of the molecule is Oc1ccc(CN[C@@H]2CCCC[C@H]2NCc2ccc(O)cc2O)c(O)c1. The molecule has 0 spiro atoms. The average Bonchev–Trinajstić information content (AvgIpc) is 2.61. The van der Waals surface area contributed by atoms with Crippen molar-refractivity contribution in [3.8, 4) is 23.0 Å². The lowest BCUT2D eigenvalue weighted by atomic mass is 9.90. The van der Waals surface area contributed by atoms with Crippen LogP contribution < -0.4 is 10.6 Å². The first-order valence-corrected chi connectivity index (χ1v) is 9.01. The van der Waals surface area contributed by atoms with Crippen LogP contribution in [0.4, 0.5) is 0 Å². The number of aromatic hydroxyl groups is 4. The number of hydrogen-bond donors (Lipinski definition) is 6. The molecule has 140 valence electrons. The van der Waals surface area contributed by atoms with Gasteiger partial charge in [0.15, 0.2) is 0 Å². The van der Waals surface area contributed by atoms with Gasteiger partial charge in [-0.25, -0.2) is 0 Å². The Morgan fingerprint density at radius 2 is 1.12 bits per heavy atom. The molecule has 1 saturated carbocycles. The standard InChI is InChI=1S/C20H26N2O4/c23-15-7-5-13(19(25)9-15)11-21-17-3-1-2-4-18(17)22-12-14-6-8-16(24)10-20(14)26/h5-10,17-18,21-26H,1-4,11-12H2/t17-,18-/m1/s1. The van der Waals surface area contributed by atoms with Crippen LogP contribution in [0, 0.1) is 0 Å². The first-order chi connectivity index (χ1) is 12.5. The molecule has 26 heavy (non-hydrogen) atoms. The molecule has 0 saturated heterocycles. The van der Waals surface area contributed by atoms with Gasteiger partial charge in [-0.2, -0.15) is 0 Å². The molecule has 0 bridgehead atoms. The van der Waals surface area contributed by atoms with E-state index in [4.69, 9.17) is 0 Å². The van der Waals surface area contributed by atoms with Gasteiger partial charge in [0.05, 0.1) is 0 Å². The summed E-state index contributed by atoms with van der Waals surface area (Å²) in [5.41, 5.74) is 1.51. The van der Waals surface area contributed by atoms with E-state index >= 15 is 0 Å². The first kappa shape index (κ1) is 18.4. The van der Waals surface area contributed by atoms with E-state index in [1.54, 1.807) is 24.3 Å². The summed E-state index contributed by atoms with van der Waals surface area (Å²) in [6.07, 6.45) is 4.39. The van der Waals surface area contributed by atoms with Gasteiger partial charge in [-0.3, -0.25) is 0 Å². The average molecular weight is 358 g/mol. The third-order valence-corrected chi connectivity index (χ3v) is 5.01. The summed E-state index contributed by atoms with van der Waals surface area (Å²) < 4.78 is 0. The third-order valence-electron chi connectivity index (χ3n) is 5.01. The van der Waals surface area contributed by atoms with E-state index in [-0.39, 0.29) is 35.1 Å². The molecule has 1 aliphatic carbocycles. The van der Waals surface area contributed by atoms with Crippen molar-refractivity contribution in [3.05, 3.63) is 47.5 Å². The highest BCUT2D eigenvalue weighted by Gasteiger charge is 2.24. The summed E-state index contributed by atoms with van der Waals surface area (Å²) in [5.74, 6) is 0.285. The second-order valence-corrected chi connectivity index (χ2v) is 6.89. The molecular weight excluding hydrogens is 332 g/mol. The van der Waals surface area contributed by atoms with Gasteiger partial charge in [-0.15, -0.1) is 0 Å². The minimum atomic E-state index is 0.0529. The van der Waals surface area contributed by atoms with E-state index in [1.807, 2.05) is 0 Å². The number of hydrogen-bond acceptors (Lipinski definition) is 6. The maximum Gasteiger partial charge on any atom is 0.123 e. The van der Waals surface area contributed by atoms with E-state index in [9.17, 15) is 20.4 Å². The largest absolute Gasteiger partial charge is 0.508 e. The van der Waals surface area contributed by atoms with Crippen molar-refractivity contribution >= 4 is 0 Å². The van der Waals surface area contributed by atoms with Crippen LogP contribution in [0.5, 0.6) is 23.0 Å². The van der Waals surface area contributed by atoms with Crippen LogP contribution in [0.15, 0.2) is 36.4 Å². The van der Waals surface area contributed by atoms with E-state index in [0.29, 0.717) is 13.1 Å². The van der Waals surface area contributed by atoms with Crippen LogP contribution in [0.3, 0.4) is 0 Å². The Balaban J connectivity index is 1.58. The fraction of sp³-hybridized carbons (Fsp3) is 0.400. The molecule has 2 atom stereocenters. The van der Waals surface area contributed by atoms with Gasteiger partial charge in [0.1, 0.15) is 23.0 Å². The summed E-state index contributed by atoms with van der Waals surface area (Å²) in [6.45, 7) is 1.05. The Hall–Kier alpha value is -2.44. The lowest BCUT2D eigenvalue weighted by Gasteiger charge is -2.33. The summed E-state index contributed by atoms with van der Waals surface area (Å²) >= 11 is 0. The highest BCUT2D eigenvalue weighted by Crippen LogP contribution is 2.26. The smallest absolute Gasteiger partial charge is 0.123 e. The van der Waals surface area contributed by atoms with Crippen molar-refractivity contribution in [2.75, 3.05) is 0 Å². The van der Waals surface area contributed by atoms with E-state index in [1.165, 1.54) is 12.1 Å². The van der Waals surface area contributed by atoms with Crippen molar-refractivity contribution in [3.63, 3.8) is 0 Å². The first-order valence-electron chi connectivity index (χ1n) is 9.01. The van der Waals surface area contributed by atoms with E-state index in [0.717, 1.165) is 36.8 Å². The number of nitrogens with one attached hydrogen (secondary N) is 2. The quantitative estimate of drug-likeness (QED) is 0.474. The van der Waals surface area contributed by atoms with Crippen LogP contribution in [-0.2, 0) is 13.1 Å². The Bertz CT molecular complexity index is 687. The normalized spacial score (nSPS) is 20.2. The van der Waals surface area contributed by atoms with Crippen molar-refractivity contribution < 1.29 is 20.4 Å². The van der Waals surface area contributed by atoms with Gasteiger partial charge in [0.2, 0.25) is 0 Å². The molecule has 2 aromatic rings. The molecule has 0 heterocycles. The lowest BCUT2D eigenvalue weighted by Crippen LogP contribution is -2.49. The zero-order valence-corrected chi connectivity index (χ0v) is 14.7. The highest BCUT2D eigenvalue weighted by molar-refractivity contribution is 5.39. The Labute approximate surface area is 153 Å². The number of phenolic OH excluding ortho intramolecular Hbond substituents is 4. The molecular formula is C20H26N2O4. The van der Waals surface area contributed by atoms with Gasteiger partial charge in [-0.1, -0.05) is 25.0 Å². The fourth-order valence-corrected chi connectivity index (χ4v) is 3.51. The Morgan fingerprint density at radius 3 is 1.50 bits per heavy atom. The van der Waals surface area contributed by atoms with Crippen molar-refractivity contribution in [2.45, 2.75) is 50.9 Å². The minimum Gasteiger partial charge on any atom is -0.508 e. The molecule has 3 rings (SSSR count). The summed E-state index contributed by atoms with van der Waals surface area (Å²) in [5, 5.41) is 45.6. The monoisotopic (exact) mass is 358 g/mol. The van der Waals surface area contributed by atoms with Crippen molar-refractivity contribution in [2.24, 2.45) is 0 Å². The van der Waals surface area contributed by atoms with Crippen LogP contribution in [-0.4, -0.2) is 32.5 Å². The van der Waals surface area contributed by atoms with Gasteiger partial charge in [0.25, 0.3) is 0 Å². The molecule has 6 N–H and O–H groups in total. The zero-order chi connectivity index (χ0) is 18.5. The van der Waals surface area contributed by atoms with Crippen LogP contribution in [0.1, 0.15) is 36.8 Å². The third kappa shape index (κ3) is 4.59. The second-order valence-electron chi connectivity index (χ2n) is 6.89. The zero-order valence-electron chi connectivity index (χ0n) is 14.7. The van der Waals surface area contributed by atoms with Gasteiger partial charge in [0, 0.05) is 48.4 Å². The van der Waals surface area contributed by atoms with Crippen molar-refractivity contribution in [1.82, 2.24) is 10.6 Å². The highest BCUT2D eigenvalue weighted by atomic mass is 16.3. The second kappa shape index (κ2) is 8.29. The molecule has 1 aliphatic rings. The molecule has 6 heteroatoms. The summed E-state index contributed by atoms with van der Waals surface area (Å²) in [6, 6.07) is 9.80. The number of phenols is 4. The van der Waals surface area contributed by atoms with Crippen LogP contribution >= 0.6 is 0 Å². The Kier molecular flexibility index (Phi) is 5.85. The van der Waals surface area contributed by atoms with Gasteiger partial charge in [-0.05, 0) is 25.0 Å². The maximum atomic E-state index is 9.93. The molecule has 0 aromatic heterocycles. The molecule has 6 nitrogen and oxygen atoms in total. The Morgan fingerprint density at radius 1 is 0.692 bits per heavy atom. The molecule has 0 aliphatic heterocycles. The number of benzene rings is 2. The summed E-state index contributed by atoms with van der Waals surface area (Å²) in [7, 11) is 0. The van der Waals surface area contributed by atoms with Crippen molar-refractivity contribution in [1.29, 1.82) is 0 Å². The molecule has 0 unspecified atom stereocenters. The topological polar surface area (TPSA) is 105 Å². The fourth-order valence-electron chi connectivity index (χ4n) is 3.51. The van der Waals surface area contributed by atoms with E-state index < -0.39 is 0 Å². The predicted molar refractivity (Wildman–Crippen MR) is 99.3 cm³/mol. The number of rotatable bonds is 6. The van der Waals surface area contributed by atoms with Gasteiger partial charge < -0.3 is 31.1 Å². The summed E-state index contributed by atoms with van der Waals surface area (Å²) in [4.78, 5) is 0.